The number of benzene rings is 1. The summed E-state index contributed by atoms with van der Waals surface area (Å²) in [6.07, 6.45) is -5.52. The second-order valence-electron chi connectivity index (χ2n) is 6.20. The average Bonchev–Trinajstić information content (AvgIpc) is 2.56. The summed E-state index contributed by atoms with van der Waals surface area (Å²) in [6.45, 7) is 2.41. The predicted octanol–water partition coefficient (Wildman–Crippen LogP) is 3.79. The number of ether oxygens (including phenoxy) is 2. The first kappa shape index (κ1) is 19.6. The normalized spacial score (nSPS) is 18.5. The van der Waals surface area contributed by atoms with Gasteiger partial charge in [-0.25, -0.2) is 0 Å². The largest absolute Gasteiger partial charge is 0.508 e. The van der Waals surface area contributed by atoms with Crippen molar-refractivity contribution in [3.8, 4) is 5.75 Å². The summed E-state index contributed by atoms with van der Waals surface area (Å²) in [7, 11) is 0. The molecular weight excluding hydrogens is 337 g/mol. The van der Waals surface area contributed by atoms with Gasteiger partial charge in [0.1, 0.15) is 5.75 Å². The molecule has 0 spiro atoms. The van der Waals surface area contributed by atoms with E-state index in [2.05, 4.69) is 0 Å². The van der Waals surface area contributed by atoms with Crippen LogP contribution in [0.2, 0.25) is 0 Å². The first-order chi connectivity index (χ1) is 11.8. The molecular formula is C18H23F3O4. The zero-order chi connectivity index (χ0) is 18.4. The summed E-state index contributed by atoms with van der Waals surface area (Å²) in [5, 5.41) is 9.47. The number of phenols is 1. The van der Waals surface area contributed by atoms with Gasteiger partial charge in [-0.05, 0) is 62.3 Å². The fourth-order valence-electron chi connectivity index (χ4n) is 2.98. The summed E-state index contributed by atoms with van der Waals surface area (Å²) in [6, 6.07) is 4.84. The van der Waals surface area contributed by atoms with Gasteiger partial charge in [0.25, 0.3) is 0 Å². The monoisotopic (exact) mass is 360 g/mol. The van der Waals surface area contributed by atoms with Crippen LogP contribution >= 0.6 is 0 Å². The fourth-order valence-corrected chi connectivity index (χ4v) is 2.98. The van der Waals surface area contributed by atoms with Crippen molar-refractivity contribution >= 4 is 5.97 Å². The third kappa shape index (κ3) is 5.63. The van der Waals surface area contributed by atoms with E-state index in [1.54, 1.807) is 19.1 Å². The quantitative estimate of drug-likeness (QED) is 0.594. The topological polar surface area (TPSA) is 55.8 Å². The van der Waals surface area contributed by atoms with Crippen molar-refractivity contribution in [1.82, 2.24) is 0 Å². The SMILES string of the molecule is CCOCCC[C@@H](OC(=O)C1CCc2cc(O)ccc2C1)C(F)(F)F. The number of phenolic OH excluding ortho intramolecular Hbond substituents is 1. The molecule has 0 heterocycles. The molecule has 0 saturated heterocycles. The van der Waals surface area contributed by atoms with Crippen molar-refractivity contribution < 1.29 is 32.5 Å². The first-order valence-corrected chi connectivity index (χ1v) is 8.47. The van der Waals surface area contributed by atoms with E-state index in [1.807, 2.05) is 0 Å². The van der Waals surface area contributed by atoms with Gasteiger partial charge in [-0.1, -0.05) is 6.07 Å². The Morgan fingerprint density at radius 3 is 2.80 bits per heavy atom. The van der Waals surface area contributed by atoms with Gasteiger partial charge >= 0.3 is 12.1 Å². The highest BCUT2D eigenvalue weighted by Crippen LogP contribution is 2.32. The summed E-state index contributed by atoms with van der Waals surface area (Å²) in [5.41, 5.74) is 1.79. The van der Waals surface area contributed by atoms with Crippen LogP contribution in [-0.2, 0) is 27.1 Å². The van der Waals surface area contributed by atoms with E-state index in [0.717, 1.165) is 11.1 Å². The molecule has 0 radical (unpaired) electrons. The minimum Gasteiger partial charge on any atom is -0.508 e. The van der Waals surface area contributed by atoms with Crippen molar-refractivity contribution in [3.05, 3.63) is 29.3 Å². The lowest BCUT2D eigenvalue weighted by Crippen LogP contribution is -2.37. The van der Waals surface area contributed by atoms with E-state index in [4.69, 9.17) is 9.47 Å². The van der Waals surface area contributed by atoms with Crippen molar-refractivity contribution in [2.75, 3.05) is 13.2 Å². The second kappa shape index (κ2) is 8.56. The van der Waals surface area contributed by atoms with E-state index in [-0.39, 0.29) is 25.2 Å². The van der Waals surface area contributed by atoms with Crippen LogP contribution in [0.1, 0.15) is 37.3 Å². The standard InChI is InChI=1S/C18H23F3O4/c1-2-24-9-3-4-16(18(19,20)21)25-17(23)14-6-5-13-11-15(22)8-7-12(13)10-14/h7-8,11,14,16,22H,2-6,9-10H2,1H3/t14?,16-/m1/s1. The van der Waals surface area contributed by atoms with Gasteiger partial charge in [-0.3, -0.25) is 4.79 Å². The summed E-state index contributed by atoms with van der Waals surface area (Å²) >= 11 is 0. The van der Waals surface area contributed by atoms with Crippen LogP contribution in [0.15, 0.2) is 18.2 Å². The Labute approximate surface area is 144 Å². The van der Waals surface area contributed by atoms with E-state index < -0.39 is 24.2 Å². The molecule has 25 heavy (non-hydrogen) atoms. The van der Waals surface area contributed by atoms with Crippen LogP contribution in [0.25, 0.3) is 0 Å². The predicted molar refractivity (Wildman–Crippen MR) is 85.3 cm³/mol. The molecule has 1 unspecified atom stereocenters. The molecule has 0 bridgehead atoms. The molecule has 2 atom stereocenters. The maximum Gasteiger partial charge on any atom is 0.425 e. The molecule has 4 nitrogen and oxygen atoms in total. The number of halogens is 3. The Morgan fingerprint density at radius 1 is 1.36 bits per heavy atom. The van der Waals surface area contributed by atoms with Crippen molar-refractivity contribution in [1.29, 1.82) is 0 Å². The zero-order valence-corrected chi connectivity index (χ0v) is 14.1. The van der Waals surface area contributed by atoms with Gasteiger partial charge in [-0.2, -0.15) is 13.2 Å². The highest BCUT2D eigenvalue weighted by molar-refractivity contribution is 5.73. The number of hydrogen-bond acceptors (Lipinski definition) is 4. The smallest absolute Gasteiger partial charge is 0.425 e. The molecule has 0 aliphatic heterocycles. The van der Waals surface area contributed by atoms with E-state index in [1.165, 1.54) is 6.07 Å². The third-order valence-corrected chi connectivity index (χ3v) is 4.33. The number of alkyl halides is 3. The third-order valence-electron chi connectivity index (χ3n) is 4.33. The van der Waals surface area contributed by atoms with Crippen LogP contribution in [0.5, 0.6) is 5.75 Å². The zero-order valence-electron chi connectivity index (χ0n) is 14.1. The van der Waals surface area contributed by atoms with Gasteiger partial charge in [0.05, 0.1) is 5.92 Å². The molecule has 1 aliphatic carbocycles. The molecule has 2 rings (SSSR count). The van der Waals surface area contributed by atoms with Crippen molar-refractivity contribution in [2.45, 2.75) is 51.3 Å². The minimum absolute atomic E-state index is 0.145. The fraction of sp³-hybridized carbons (Fsp3) is 0.611. The Hall–Kier alpha value is -1.76. The lowest BCUT2D eigenvalue weighted by molar-refractivity contribution is -0.225. The van der Waals surface area contributed by atoms with Gasteiger partial charge in [-0.15, -0.1) is 0 Å². The molecule has 0 saturated carbocycles. The highest BCUT2D eigenvalue weighted by atomic mass is 19.4. The van der Waals surface area contributed by atoms with E-state index >= 15 is 0 Å². The second-order valence-corrected chi connectivity index (χ2v) is 6.20. The Kier molecular flexibility index (Phi) is 6.70. The van der Waals surface area contributed by atoms with Gasteiger partial charge < -0.3 is 14.6 Å². The first-order valence-electron chi connectivity index (χ1n) is 8.47. The van der Waals surface area contributed by atoms with Crippen LogP contribution in [0, 0.1) is 5.92 Å². The van der Waals surface area contributed by atoms with Crippen LogP contribution < -0.4 is 0 Å². The van der Waals surface area contributed by atoms with Crippen LogP contribution in [-0.4, -0.2) is 36.6 Å². The number of aryl methyl sites for hydroxylation is 1. The lowest BCUT2D eigenvalue weighted by atomic mass is 9.84. The maximum atomic E-state index is 13.1. The minimum atomic E-state index is -4.58. The molecule has 7 heteroatoms. The van der Waals surface area contributed by atoms with E-state index in [0.29, 0.717) is 25.9 Å². The maximum absolute atomic E-state index is 13.1. The molecule has 140 valence electrons. The number of esters is 1. The number of carbonyl (C=O) groups is 1. The van der Waals surface area contributed by atoms with Gasteiger partial charge in [0.2, 0.25) is 0 Å². The Balaban J connectivity index is 1.95. The molecule has 1 aromatic carbocycles. The lowest BCUT2D eigenvalue weighted by Gasteiger charge is -2.27. The molecule has 0 fully saturated rings. The molecule has 0 amide bonds. The molecule has 1 N–H and O–H groups in total. The highest BCUT2D eigenvalue weighted by Gasteiger charge is 2.43. The van der Waals surface area contributed by atoms with Gasteiger partial charge in [0, 0.05) is 13.2 Å². The Morgan fingerprint density at radius 2 is 2.12 bits per heavy atom. The number of rotatable bonds is 7. The van der Waals surface area contributed by atoms with Crippen LogP contribution in [0.4, 0.5) is 13.2 Å². The average molecular weight is 360 g/mol. The summed E-state index contributed by atoms with van der Waals surface area (Å²) in [5.74, 6) is -1.25. The number of hydrogen-bond donors (Lipinski definition) is 1. The molecule has 0 aromatic heterocycles. The number of fused-ring (bicyclic) bond motifs is 1. The molecule has 1 aliphatic rings. The van der Waals surface area contributed by atoms with Crippen molar-refractivity contribution in [2.24, 2.45) is 5.92 Å². The van der Waals surface area contributed by atoms with Gasteiger partial charge in [0.15, 0.2) is 6.10 Å². The summed E-state index contributed by atoms with van der Waals surface area (Å²) in [4.78, 5) is 12.2. The molecule has 1 aromatic rings. The number of aromatic hydroxyl groups is 1. The van der Waals surface area contributed by atoms with Crippen molar-refractivity contribution in [3.63, 3.8) is 0 Å². The Bertz CT molecular complexity index is 586. The number of carbonyl (C=O) groups excluding carboxylic acids is 1. The van der Waals surface area contributed by atoms with Crippen LogP contribution in [0.3, 0.4) is 0 Å². The van der Waals surface area contributed by atoms with E-state index in [9.17, 15) is 23.1 Å². The summed E-state index contributed by atoms with van der Waals surface area (Å²) < 4.78 is 49.1.